The van der Waals surface area contributed by atoms with Crippen LogP contribution in [-0.4, -0.2) is 33.3 Å². The van der Waals surface area contributed by atoms with Gasteiger partial charge in [-0.3, -0.25) is 4.79 Å². The maximum Gasteiger partial charge on any atom is 0.246 e. The molecule has 3 rings (SSSR count). The van der Waals surface area contributed by atoms with E-state index < -0.39 is 6.10 Å². The number of hydrogen-bond donors (Lipinski definition) is 3. The maximum atomic E-state index is 12.0. The molecule has 0 unspecified atom stereocenters. The van der Waals surface area contributed by atoms with Crippen LogP contribution in [0.5, 0.6) is 0 Å². The van der Waals surface area contributed by atoms with Crippen LogP contribution in [0.15, 0.2) is 34.9 Å². The van der Waals surface area contributed by atoms with Gasteiger partial charge in [0.1, 0.15) is 0 Å². The molecule has 7 heteroatoms. The minimum Gasteiger partial charge on any atom is -0.391 e. The molecule has 7 nitrogen and oxygen atoms in total. The molecule has 1 fully saturated rings. The summed E-state index contributed by atoms with van der Waals surface area (Å²) in [6.07, 6.45) is 0.875. The molecule has 4 N–H and O–H groups in total. The zero-order valence-electron chi connectivity index (χ0n) is 12.7. The zero-order chi connectivity index (χ0) is 16.2. The number of aliphatic hydroxyl groups excluding tert-OH is 1. The molecule has 1 aromatic carbocycles. The second-order valence-corrected chi connectivity index (χ2v) is 5.88. The van der Waals surface area contributed by atoms with Crippen molar-refractivity contribution in [1.82, 2.24) is 15.5 Å². The number of benzene rings is 1. The summed E-state index contributed by atoms with van der Waals surface area (Å²) in [5.74, 6) is 0.553. The van der Waals surface area contributed by atoms with Gasteiger partial charge in [0.25, 0.3) is 0 Å². The highest BCUT2D eigenvalue weighted by molar-refractivity contribution is 5.79. The topological polar surface area (TPSA) is 114 Å². The number of amides is 1. The summed E-state index contributed by atoms with van der Waals surface area (Å²) in [7, 11) is 0. The number of aromatic nitrogens is 2. The van der Waals surface area contributed by atoms with Gasteiger partial charge in [-0.15, -0.1) is 0 Å². The highest BCUT2D eigenvalue weighted by atomic mass is 16.5. The molecule has 0 aliphatic heterocycles. The Balaban J connectivity index is 1.50. The van der Waals surface area contributed by atoms with Crippen LogP contribution < -0.4 is 11.1 Å². The third-order valence-corrected chi connectivity index (χ3v) is 4.08. The van der Waals surface area contributed by atoms with E-state index in [2.05, 4.69) is 15.5 Å². The normalized spacial score (nSPS) is 23.8. The third-order valence-electron chi connectivity index (χ3n) is 4.08. The molecule has 122 valence electrons. The Bertz CT molecular complexity index is 648. The molecule has 1 saturated carbocycles. The van der Waals surface area contributed by atoms with Gasteiger partial charge in [0.2, 0.25) is 11.8 Å². The molecule has 23 heavy (non-hydrogen) atoms. The molecule has 0 spiro atoms. The van der Waals surface area contributed by atoms with E-state index in [9.17, 15) is 9.90 Å². The van der Waals surface area contributed by atoms with Crippen molar-refractivity contribution in [1.29, 1.82) is 0 Å². The van der Waals surface area contributed by atoms with Crippen LogP contribution in [0, 0.1) is 5.92 Å². The number of nitrogens with zero attached hydrogens (tertiary/aromatic N) is 2. The first-order valence-corrected chi connectivity index (χ1v) is 7.68. The zero-order valence-corrected chi connectivity index (χ0v) is 12.7. The van der Waals surface area contributed by atoms with Gasteiger partial charge in [0.05, 0.1) is 12.6 Å². The first-order valence-electron chi connectivity index (χ1n) is 7.68. The lowest BCUT2D eigenvalue weighted by Gasteiger charge is -2.08. The van der Waals surface area contributed by atoms with Gasteiger partial charge >= 0.3 is 0 Å². The fourth-order valence-electron chi connectivity index (χ4n) is 2.78. The van der Waals surface area contributed by atoms with Crippen LogP contribution in [0.2, 0.25) is 0 Å². The number of carbonyl (C=O) groups excluding carboxylic acids is 1. The second kappa shape index (κ2) is 6.89. The van der Waals surface area contributed by atoms with Gasteiger partial charge in [-0.25, -0.2) is 0 Å². The second-order valence-electron chi connectivity index (χ2n) is 5.88. The van der Waals surface area contributed by atoms with E-state index in [1.807, 2.05) is 30.3 Å². The van der Waals surface area contributed by atoms with Crippen LogP contribution >= 0.6 is 0 Å². The summed E-state index contributed by atoms with van der Waals surface area (Å²) in [6, 6.07) is 9.52. The monoisotopic (exact) mass is 316 g/mol. The van der Waals surface area contributed by atoms with Crippen LogP contribution in [0.1, 0.15) is 30.1 Å². The Morgan fingerprint density at radius 1 is 1.35 bits per heavy atom. The Morgan fingerprint density at radius 3 is 2.83 bits per heavy atom. The maximum absolute atomic E-state index is 12.0. The lowest BCUT2D eigenvalue weighted by molar-refractivity contribution is -0.125. The first kappa shape index (κ1) is 15.6. The van der Waals surface area contributed by atoms with Gasteiger partial charge in [0.15, 0.2) is 5.82 Å². The third kappa shape index (κ3) is 3.94. The Hall–Kier alpha value is -2.25. The van der Waals surface area contributed by atoms with Gasteiger partial charge in [-0.05, 0) is 18.4 Å². The average molecular weight is 316 g/mol. The number of nitrogens with two attached hydrogens (primary N) is 1. The highest BCUT2D eigenvalue weighted by Gasteiger charge is 2.34. The average Bonchev–Trinajstić information content (AvgIpc) is 3.13. The number of aliphatic hydroxyl groups is 1. The molecule has 1 amide bonds. The minimum absolute atomic E-state index is 0.139. The van der Waals surface area contributed by atoms with Crippen molar-refractivity contribution in [2.75, 3.05) is 0 Å². The Morgan fingerprint density at radius 2 is 2.13 bits per heavy atom. The SMILES string of the molecule is N[C@@H]1C[C@H](C(=O)NCc2nc(Cc3ccccc3)no2)C[C@H]1O. The van der Waals surface area contributed by atoms with Gasteiger partial charge in [0, 0.05) is 18.4 Å². The molecular formula is C16H20N4O3. The van der Waals surface area contributed by atoms with Crippen molar-refractivity contribution < 1.29 is 14.4 Å². The molecule has 3 atom stereocenters. The minimum atomic E-state index is -0.605. The Kier molecular flexibility index (Phi) is 4.68. The lowest BCUT2D eigenvalue weighted by atomic mass is 10.1. The van der Waals surface area contributed by atoms with Crippen molar-refractivity contribution >= 4 is 5.91 Å². The largest absolute Gasteiger partial charge is 0.391 e. The van der Waals surface area contributed by atoms with Crippen LogP contribution in [-0.2, 0) is 17.8 Å². The molecular weight excluding hydrogens is 296 g/mol. The number of carbonyl (C=O) groups is 1. The van der Waals surface area contributed by atoms with Gasteiger partial charge in [-0.2, -0.15) is 4.98 Å². The predicted molar refractivity (Wildman–Crippen MR) is 82.1 cm³/mol. The molecule has 0 saturated heterocycles. The summed E-state index contributed by atoms with van der Waals surface area (Å²) >= 11 is 0. The van der Waals surface area contributed by atoms with E-state index in [1.54, 1.807) is 0 Å². The summed E-state index contributed by atoms with van der Waals surface area (Å²) in [5, 5.41) is 16.3. The number of nitrogens with one attached hydrogen (secondary N) is 1. The molecule has 1 heterocycles. The van der Waals surface area contributed by atoms with E-state index in [0.29, 0.717) is 31.0 Å². The van der Waals surface area contributed by atoms with E-state index in [0.717, 1.165) is 5.56 Å². The van der Waals surface area contributed by atoms with Crippen LogP contribution in [0.4, 0.5) is 0 Å². The highest BCUT2D eigenvalue weighted by Crippen LogP contribution is 2.24. The van der Waals surface area contributed by atoms with E-state index >= 15 is 0 Å². The molecule has 0 radical (unpaired) electrons. The quantitative estimate of drug-likeness (QED) is 0.734. The molecule has 0 bridgehead atoms. The number of hydrogen-bond acceptors (Lipinski definition) is 6. The predicted octanol–water partition coefficient (Wildman–Crippen LogP) is 0.375. The molecule has 2 aromatic rings. The first-order chi connectivity index (χ1) is 11.1. The number of rotatable bonds is 5. The van der Waals surface area contributed by atoms with Crippen molar-refractivity contribution in [2.45, 2.75) is 38.0 Å². The molecule has 1 aliphatic carbocycles. The summed E-state index contributed by atoms with van der Waals surface area (Å²) in [6.45, 7) is 0.183. The lowest BCUT2D eigenvalue weighted by Crippen LogP contribution is -2.30. The Labute approximate surface area is 133 Å². The van der Waals surface area contributed by atoms with Gasteiger partial charge < -0.3 is 20.7 Å². The fraction of sp³-hybridized carbons (Fsp3) is 0.438. The summed E-state index contributed by atoms with van der Waals surface area (Å²) < 4.78 is 5.14. The van der Waals surface area contributed by atoms with Crippen molar-refractivity contribution in [2.24, 2.45) is 11.7 Å². The van der Waals surface area contributed by atoms with E-state index in [-0.39, 0.29) is 24.4 Å². The summed E-state index contributed by atoms with van der Waals surface area (Å²) in [5.41, 5.74) is 6.81. The van der Waals surface area contributed by atoms with Gasteiger partial charge in [-0.1, -0.05) is 35.5 Å². The fourth-order valence-corrected chi connectivity index (χ4v) is 2.78. The van der Waals surface area contributed by atoms with Crippen molar-refractivity contribution in [3.63, 3.8) is 0 Å². The standard InChI is InChI=1S/C16H20N4O3/c17-12-7-11(8-13(12)21)16(22)18-9-15-19-14(20-23-15)6-10-4-2-1-3-5-10/h1-5,11-13,21H,6-9,17H2,(H,18,22)/t11-,12+,13+/m0/s1. The van der Waals surface area contributed by atoms with E-state index in [4.69, 9.17) is 10.3 Å². The van der Waals surface area contributed by atoms with E-state index in [1.165, 1.54) is 0 Å². The molecule has 1 aromatic heterocycles. The summed E-state index contributed by atoms with van der Waals surface area (Å²) in [4.78, 5) is 16.3. The van der Waals surface area contributed by atoms with Crippen molar-refractivity contribution in [3.8, 4) is 0 Å². The molecule has 1 aliphatic rings. The van der Waals surface area contributed by atoms with Crippen LogP contribution in [0.3, 0.4) is 0 Å². The van der Waals surface area contributed by atoms with Crippen molar-refractivity contribution in [3.05, 3.63) is 47.6 Å². The van der Waals surface area contributed by atoms with Crippen LogP contribution in [0.25, 0.3) is 0 Å². The smallest absolute Gasteiger partial charge is 0.246 e.